The summed E-state index contributed by atoms with van der Waals surface area (Å²) in [7, 11) is 0. The van der Waals surface area contributed by atoms with Gasteiger partial charge in [0.15, 0.2) is 5.82 Å². The molecule has 9 heteroatoms. The lowest BCUT2D eigenvalue weighted by molar-refractivity contribution is -0.119. The molecule has 1 rings (SSSR count). The van der Waals surface area contributed by atoms with Crippen LogP contribution in [0.25, 0.3) is 0 Å². The van der Waals surface area contributed by atoms with E-state index in [1.807, 2.05) is 0 Å². The van der Waals surface area contributed by atoms with Gasteiger partial charge in [0.25, 0.3) is 5.56 Å². The maximum atomic E-state index is 12.9. The Morgan fingerprint density at radius 3 is 2.53 bits per heavy atom. The van der Waals surface area contributed by atoms with Crippen LogP contribution in [0, 0.1) is 5.82 Å². The molecular formula is C8H4Cl3FN2O3. The van der Waals surface area contributed by atoms with Crippen molar-refractivity contribution in [2.24, 2.45) is 0 Å². The van der Waals surface area contributed by atoms with E-state index >= 15 is 0 Å². The zero-order chi connectivity index (χ0) is 13.2. The molecule has 0 bridgehead atoms. The summed E-state index contributed by atoms with van der Waals surface area (Å²) in [5.41, 5.74) is -1.07. The van der Waals surface area contributed by atoms with Crippen LogP contribution in [0.2, 0.25) is 5.02 Å². The van der Waals surface area contributed by atoms with Crippen LogP contribution in [0.4, 0.5) is 4.39 Å². The minimum absolute atomic E-state index is 0.515. The zero-order valence-corrected chi connectivity index (χ0v) is 10.3. The van der Waals surface area contributed by atoms with Gasteiger partial charge in [0, 0.05) is 0 Å². The molecule has 0 saturated carbocycles. The first-order valence-corrected chi connectivity index (χ1v) is 5.28. The monoisotopic (exact) mass is 300 g/mol. The van der Waals surface area contributed by atoms with E-state index in [0.717, 1.165) is 0 Å². The van der Waals surface area contributed by atoms with Gasteiger partial charge in [-0.05, 0) is 23.2 Å². The van der Waals surface area contributed by atoms with Gasteiger partial charge in [-0.3, -0.25) is 14.4 Å². The molecule has 92 valence electrons. The van der Waals surface area contributed by atoms with E-state index < -0.39 is 39.3 Å². The van der Waals surface area contributed by atoms with Crippen molar-refractivity contribution < 1.29 is 14.0 Å². The van der Waals surface area contributed by atoms with Gasteiger partial charge in [0.05, 0.1) is 12.6 Å². The van der Waals surface area contributed by atoms with Gasteiger partial charge in [-0.15, -0.1) is 0 Å². The number of aromatic nitrogens is 2. The molecule has 17 heavy (non-hydrogen) atoms. The predicted octanol–water partition coefficient (Wildman–Crippen LogP) is 1.50. The van der Waals surface area contributed by atoms with Crippen molar-refractivity contribution in [2.75, 3.05) is 0 Å². The molecule has 0 N–H and O–H groups in total. The number of halogens is 4. The van der Waals surface area contributed by atoms with Crippen LogP contribution in [0.5, 0.6) is 0 Å². The Morgan fingerprint density at radius 1 is 1.47 bits per heavy atom. The average Bonchev–Trinajstić information content (AvgIpc) is 2.23. The van der Waals surface area contributed by atoms with Gasteiger partial charge >= 0.3 is 0 Å². The van der Waals surface area contributed by atoms with Crippen LogP contribution >= 0.6 is 34.8 Å². The number of carbonyl (C=O) groups excluding carboxylic acids is 2. The summed E-state index contributed by atoms with van der Waals surface area (Å²) in [4.78, 5) is 33.2. The third kappa shape index (κ3) is 3.24. The molecule has 0 aromatic carbocycles. The van der Waals surface area contributed by atoms with Crippen LogP contribution in [-0.2, 0) is 9.59 Å². The van der Waals surface area contributed by atoms with E-state index in [9.17, 15) is 18.8 Å². The molecule has 0 radical (unpaired) electrons. The second kappa shape index (κ2) is 5.57. The molecule has 0 spiro atoms. The Hall–Kier alpha value is -0.980. The van der Waals surface area contributed by atoms with Crippen molar-refractivity contribution in [1.29, 1.82) is 0 Å². The van der Waals surface area contributed by atoms with E-state index in [1.165, 1.54) is 0 Å². The molecule has 5 nitrogen and oxygen atoms in total. The summed E-state index contributed by atoms with van der Waals surface area (Å²) < 4.78 is 13.4. The first-order valence-electron chi connectivity index (χ1n) is 4.15. The molecule has 0 aliphatic rings. The maximum absolute atomic E-state index is 12.9. The van der Waals surface area contributed by atoms with Gasteiger partial charge in [0.1, 0.15) is 11.1 Å². The van der Waals surface area contributed by atoms with Crippen molar-refractivity contribution in [3.8, 4) is 0 Å². The fraction of sp³-hybridized carbons (Fsp3) is 0.250. The molecule has 0 amide bonds. The fourth-order valence-corrected chi connectivity index (χ4v) is 1.51. The van der Waals surface area contributed by atoms with E-state index in [-0.39, 0.29) is 0 Å². The van der Waals surface area contributed by atoms with Gasteiger partial charge in [0.2, 0.25) is 10.5 Å². The number of hydrogen-bond donors (Lipinski definition) is 0. The van der Waals surface area contributed by atoms with Gasteiger partial charge in [-0.25, -0.2) is 9.07 Å². The standard InChI is InChI=1S/C8H4Cl3FN2O3/c9-5(15)1-4(7(11)16)14-8(17)6(10)3(12)2-13-14/h2,4H,1H2. The summed E-state index contributed by atoms with van der Waals surface area (Å²) in [6.07, 6.45) is 0.0913. The van der Waals surface area contributed by atoms with Crippen molar-refractivity contribution in [1.82, 2.24) is 9.78 Å². The van der Waals surface area contributed by atoms with Crippen molar-refractivity contribution in [2.45, 2.75) is 12.5 Å². The Kier molecular flexibility index (Phi) is 4.62. The zero-order valence-electron chi connectivity index (χ0n) is 7.99. The van der Waals surface area contributed by atoms with Crippen molar-refractivity contribution in [3.05, 3.63) is 27.4 Å². The highest BCUT2D eigenvalue weighted by atomic mass is 35.5. The molecule has 0 aliphatic heterocycles. The smallest absolute Gasteiger partial charge is 0.281 e. The third-order valence-electron chi connectivity index (χ3n) is 1.81. The van der Waals surface area contributed by atoms with E-state index in [4.69, 9.17) is 34.8 Å². The van der Waals surface area contributed by atoms with Crippen molar-refractivity contribution >= 4 is 45.3 Å². The lowest BCUT2D eigenvalue weighted by atomic mass is 10.2. The first-order chi connectivity index (χ1) is 7.84. The number of hydrogen-bond acceptors (Lipinski definition) is 4. The highest BCUT2D eigenvalue weighted by molar-refractivity contribution is 6.66. The third-order valence-corrected chi connectivity index (χ3v) is 2.56. The van der Waals surface area contributed by atoms with Gasteiger partial charge < -0.3 is 0 Å². The highest BCUT2D eigenvalue weighted by Gasteiger charge is 2.25. The number of carbonyl (C=O) groups is 2. The topological polar surface area (TPSA) is 69.0 Å². The second-order valence-electron chi connectivity index (χ2n) is 2.94. The highest BCUT2D eigenvalue weighted by Crippen LogP contribution is 2.15. The van der Waals surface area contributed by atoms with Crippen LogP contribution in [0.15, 0.2) is 11.0 Å². The summed E-state index contributed by atoms with van der Waals surface area (Å²) in [6.45, 7) is 0. The van der Waals surface area contributed by atoms with Crippen LogP contribution < -0.4 is 5.56 Å². The Morgan fingerprint density at radius 2 is 2.06 bits per heavy atom. The predicted molar refractivity (Wildman–Crippen MR) is 58.8 cm³/mol. The average molecular weight is 301 g/mol. The summed E-state index contributed by atoms with van der Waals surface area (Å²) in [5, 5.41) is 0.675. The number of nitrogens with zero attached hydrogens (tertiary/aromatic N) is 2. The lowest BCUT2D eigenvalue weighted by Crippen LogP contribution is -2.32. The molecule has 1 atom stereocenters. The van der Waals surface area contributed by atoms with Crippen LogP contribution in [0.3, 0.4) is 0 Å². The fourth-order valence-electron chi connectivity index (χ4n) is 1.06. The molecule has 1 heterocycles. The summed E-state index contributed by atoms with van der Waals surface area (Å²) in [5.74, 6) is -1.04. The van der Waals surface area contributed by atoms with Gasteiger partial charge in [-0.1, -0.05) is 11.6 Å². The summed E-state index contributed by atoms with van der Waals surface area (Å²) >= 11 is 15.6. The Balaban J connectivity index is 3.29. The molecule has 0 aliphatic carbocycles. The minimum atomic E-state index is -1.41. The van der Waals surface area contributed by atoms with E-state index in [2.05, 4.69) is 5.10 Å². The maximum Gasteiger partial charge on any atom is 0.289 e. The van der Waals surface area contributed by atoms with Crippen LogP contribution in [-0.4, -0.2) is 20.3 Å². The van der Waals surface area contributed by atoms with Gasteiger partial charge in [-0.2, -0.15) is 5.10 Å². The lowest BCUT2D eigenvalue weighted by Gasteiger charge is -2.12. The molecule has 1 aromatic heterocycles. The van der Waals surface area contributed by atoms with E-state index in [1.54, 1.807) is 0 Å². The molecule has 1 unspecified atom stereocenters. The first kappa shape index (κ1) is 14.1. The Bertz CT molecular complexity index is 531. The molecule has 0 saturated heterocycles. The molecule has 1 aromatic rings. The Labute approximate surface area is 109 Å². The number of rotatable bonds is 4. The van der Waals surface area contributed by atoms with Crippen molar-refractivity contribution in [3.63, 3.8) is 0 Å². The quantitative estimate of drug-likeness (QED) is 0.790. The molecule has 0 fully saturated rings. The largest absolute Gasteiger partial charge is 0.289 e. The molecular weight excluding hydrogens is 297 g/mol. The van der Waals surface area contributed by atoms with Crippen LogP contribution in [0.1, 0.15) is 12.5 Å². The summed E-state index contributed by atoms with van der Waals surface area (Å²) in [6, 6.07) is -1.41. The van der Waals surface area contributed by atoms with E-state index in [0.29, 0.717) is 10.9 Å². The SMILES string of the molecule is O=C(Cl)CC(C(=O)Cl)n1ncc(F)c(Cl)c1=O. The second-order valence-corrected chi connectivity index (χ2v) is 4.11. The normalized spacial score (nSPS) is 12.2. The minimum Gasteiger partial charge on any atom is -0.281 e.